The Kier molecular flexibility index (Phi) is 6.12. The summed E-state index contributed by atoms with van der Waals surface area (Å²) in [5, 5.41) is 3.26. The molecule has 1 unspecified atom stereocenters. The monoisotopic (exact) mass is 157 g/mol. The Bertz CT molecular complexity index is 112. The topological polar surface area (TPSA) is 36.1 Å². The Morgan fingerprint density at radius 3 is 2.64 bits per heavy atom. The Labute approximate surface area is 69.2 Å². The van der Waals surface area contributed by atoms with Gasteiger partial charge in [-0.05, 0) is 20.4 Å². The summed E-state index contributed by atoms with van der Waals surface area (Å²) >= 11 is 0. The van der Waals surface area contributed by atoms with Crippen molar-refractivity contribution in [1.82, 2.24) is 16.2 Å². The fourth-order valence-corrected chi connectivity index (χ4v) is 0.690. The van der Waals surface area contributed by atoms with E-state index < -0.39 is 0 Å². The van der Waals surface area contributed by atoms with Crippen LogP contribution in [0.1, 0.15) is 20.3 Å². The summed E-state index contributed by atoms with van der Waals surface area (Å²) in [6.07, 6.45) is 1.32. The summed E-state index contributed by atoms with van der Waals surface area (Å²) in [6.45, 7) is 8.94. The molecule has 0 aliphatic rings. The van der Waals surface area contributed by atoms with Gasteiger partial charge in [0.15, 0.2) is 0 Å². The highest BCUT2D eigenvalue weighted by atomic mass is 15.4. The van der Waals surface area contributed by atoms with Crippen LogP contribution >= 0.6 is 0 Å². The lowest BCUT2D eigenvalue weighted by Crippen LogP contribution is -2.46. The predicted molar refractivity (Wildman–Crippen MR) is 49.1 cm³/mol. The van der Waals surface area contributed by atoms with E-state index in [-0.39, 0.29) is 6.17 Å². The van der Waals surface area contributed by atoms with Crippen molar-refractivity contribution in [2.45, 2.75) is 26.4 Å². The zero-order chi connectivity index (χ0) is 8.69. The second kappa shape index (κ2) is 6.34. The van der Waals surface area contributed by atoms with Gasteiger partial charge in [0.05, 0.1) is 6.17 Å². The van der Waals surface area contributed by atoms with Crippen LogP contribution in [0.4, 0.5) is 0 Å². The van der Waals surface area contributed by atoms with Crippen LogP contribution in [0.3, 0.4) is 0 Å². The number of hydrazine groups is 1. The number of rotatable bonds is 6. The smallest absolute Gasteiger partial charge is 0.0677 e. The highest BCUT2D eigenvalue weighted by Gasteiger charge is 1.97. The summed E-state index contributed by atoms with van der Waals surface area (Å²) < 4.78 is 0. The van der Waals surface area contributed by atoms with Crippen molar-refractivity contribution in [2.75, 3.05) is 13.6 Å². The maximum Gasteiger partial charge on any atom is 0.0677 e. The lowest BCUT2D eigenvalue weighted by Gasteiger charge is -2.14. The molecule has 0 aliphatic heterocycles. The molecule has 0 aromatic rings. The van der Waals surface area contributed by atoms with Crippen LogP contribution in [0.15, 0.2) is 12.2 Å². The first-order valence-electron chi connectivity index (χ1n) is 4.03. The molecule has 0 saturated carbocycles. The first-order valence-corrected chi connectivity index (χ1v) is 4.03. The van der Waals surface area contributed by atoms with Gasteiger partial charge in [0.1, 0.15) is 0 Å². The molecule has 0 aromatic carbocycles. The van der Waals surface area contributed by atoms with Crippen LogP contribution in [-0.2, 0) is 0 Å². The van der Waals surface area contributed by atoms with Gasteiger partial charge < -0.3 is 0 Å². The average Bonchev–Trinajstić information content (AvgIpc) is 2.01. The SMILES string of the molecule is C=C(CC)CNC(C)NNC. The first-order chi connectivity index (χ1) is 5.20. The Morgan fingerprint density at radius 1 is 1.55 bits per heavy atom. The molecular formula is C8H19N3. The van der Waals surface area contributed by atoms with Crippen LogP contribution in [-0.4, -0.2) is 19.8 Å². The van der Waals surface area contributed by atoms with E-state index in [0.717, 1.165) is 13.0 Å². The Balaban J connectivity index is 3.29. The molecule has 3 N–H and O–H groups in total. The summed E-state index contributed by atoms with van der Waals surface area (Å²) in [6, 6.07) is 0. The quantitative estimate of drug-likeness (QED) is 0.300. The highest BCUT2D eigenvalue weighted by Crippen LogP contribution is 1.92. The third-order valence-corrected chi connectivity index (χ3v) is 1.52. The van der Waals surface area contributed by atoms with Gasteiger partial charge in [0.2, 0.25) is 0 Å². The molecule has 0 heterocycles. The van der Waals surface area contributed by atoms with E-state index in [4.69, 9.17) is 0 Å². The Hall–Kier alpha value is -0.380. The number of hydrogen-bond donors (Lipinski definition) is 3. The van der Waals surface area contributed by atoms with Gasteiger partial charge in [-0.2, -0.15) is 0 Å². The van der Waals surface area contributed by atoms with Gasteiger partial charge in [0.25, 0.3) is 0 Å². The van der Waals surface area contributed by atoms with Gasteiger partial charge in [-0.1, -0.05) is 19.1 Å². The van der Waals surface area contributed by atoms with Crippen molar-refractivity contribution < 1.29 is 0 Å². The molecule has 0 amide bonds. The second-order valence-corrected chi connectivity index (χ2v) is 2.60. The van der Waals surface area contributed by atoms with E-state index in [1.54, 1.807) is 0 Å². The standard InChI is InChI=1S/C8H19N3/c1-5-7(2)6-10-8(3)11-9-4/h8-11H,2,5-6H2,1,3-4H3. The minimum atomic E-state index is 0.281. The summed E-state index contributed by atoms with van der Waals surface area (Å²) in [5.74, 6) is 0. The number of hydrogen-bond acceptors (Lipinski definition) is 3. The summed E-state index contributed by atoms with van der Waals surface area (Å²) in [7, 11) is 1.85. The maximum atomic E-state index is 3.89. The van der Waals surface area contributed by atoms with Gasteiger partial charge in [0, 0.05) is 6.54 Å². The van der Waals surface area contributed by atoms with Crippen LogP contribution in [0.5, 0.6) is 0 Å². The highest BCUT2D eigenvalue weighted by molar-refractivity contribution is 4.95. The molecule has 0 spiro atoms. The first kappa shape index (κ1) is 10.6. The molecule has 0 fully saturated rings. The fourth-order valence-electron chi connectivity index (χ4n) is 0.690. The lowest BCUT2D eigenvalue weighted by molar-refractivity contribution is 0.425. The third kappa shape index (κ3) is 6.04. The molecule has 0 radical (unpaired) electrons. The molecule has 3 heteroatoms. The summed E-state index contributed by atoms with van der Waals surface area (Å²) in [4.78, 5) is 0. The zero-order valence-corrected chi connectivity index (χ0v) is 7.70. The van der Waals surface area contributed by atoms with Gasteiger partial charge in [-0.15, -0.1) is 0 Å². The molecule has 0 saturated heterocycles. The van der Waals surface area contributed by atoms with Crippen LogP contribution < -0.4 is 16.2 Å². The fraction of sp³-hybridized carbons (Fsp3) is 0.750. The van der Waals surface area contributed by atoms with Crippen LogP contribution in [0.2, 0.25) is 0 Å². The molecular weight excluding hydrogens is 138 g/mol. The van der Waals surface area contributed by atoms with Gasteiger partial charge in [-0.3, -0.25) is 10.7 Å². The van der Waals surface area contributed by atoms with Gasteiger partial charge >= 0.3 is 0 Å². The van der Waals surface area contributed by atoms with E-state index in [2.05, 4.69) is 36.6 Å². The molecule has 0 aliphatic carbocycles. The molecule has 11 heavy (non-hydrogen) atoms. The second-order valence-electron chi connectivity index (χ2n) is 2.60. The van der Waals surface area contributed by atoms with Crippen molar-refractivity contribution in [3.63, 3.8) is 0 Å². The third-order valence-electron chi connectivity index (χ3n) is 1.52. The Morgan fingerprint density at radius 2 is 2.18 bits per heavy atom. The predicted octanol–water partition coefficient (Wildman–Crippen LogP) is 0.612. The van der Waals surface area contributed by atoms with Crippen LogP contribution in [0.25, 0.3) is 0 Å². The minimum Gasteiger partial charge on any atom is -0.297 e. The van der Waals surface area contributed by atoms with Crippen molar-refractivity contribution in [3.8, 4) is 0 Å². The molecule has 66 valence electrons. The molecule has 1 atom stereocenters. The number of nitrogens with one attached hydrogen (secondary N) is 3. The van der Waals surface area contributed by atoms with Gasteiger partial charge in [-0.25, -0.2) is 5.43 Å². The van der Waals surface area contributed by atoms with E-state index in [1.807, 2.05) is 7.05 Å². The lowest BCUT2D eigenvalue weighted by atomic mass is 10.2. The maximum absolute atomic E-state index is 3.89. The molecule has 3 nitrogen and oxygen atoms in total. The molecule has 0 aromatic heterocycles. The van der Waals surface area contributed by atoms with E-state index in [0.29, 0.717) is 0 Å². The van der Waals surface area contributed by atoms with Crippen molar-refractivity contribution in [2.24, 2.45) is 0 Å². The van der Waals surface area contributed by atoms with E-state index in [1.165, 1.54) is 5.57 Å². The summed E-state index contributed by atoms with van der Waals surface area (Å²) in [5.41, 5.74) is 7.12. The molecule has 0 bridgehead atoms. The van der Waals surface area contributed by atoms with Crippen molar-refractivity contribution in [1.29, 1.82) is 0 Å². The largest absolute Gasteiger partial charge is 0.297 e. The van der Waals surface area contributed by atoms with E-state index in [9.17, 15) is 0 Å². The average molecular weight is 157 g/mol. The van der Waals surface area contributed by atoms with Crippen LogP contribution in [0, 0.1) is 0 Å². The van der Waals surface area contributed by atoms with E-state index >= 15 is 0 Å². The zero-order valence-electron chi connectivity index (χ0n) is 7.70. The minimum absolute atomic E-state index is 0.281. The molecule has 0 rings (SSSR count). The van der Waals surface area contributed by atoms with Crippen molar-refractivity contribution >= 4 is 0 Å². The van der Waals surface area contributed by atoms with Crippen molar-refractivity contribution in [3.05, 3.63) is 12.2 Å². The normalized spacial score (nSPS) is 13.0.